The van der Waals surface area contributed by atoms with E-state index in [0.29, 0.717) is 23.3 Å². The molecule has 1 N–H and O–H groups in total. The van der Waals surface area contributed by atoms with E-state index in [0.717, 1.165) is 19.4 Å². The second kappa shape index (κ2) is 7.48. The first-order valence-electron chi connectivity index (χ1n) is 9.59. The molecule has 6 heteroatoms. The number of carbonyl (C=O) groups is 1. The van der Waals surface area contributed by atoms with Crippen molar-refractivity contribution in [3.05, 3.63) is 42.5 Å². The van der Waals surface area contributed by atoms with Gasteiger partial charge in [-0.1, -0.05) is 19.3 Å². The van der Waals surface area contributed by atoms with Gasteiger partial charge in [-0.3, -0.25) is 0 Å². The van der Waals surface area contributed by atoms with Crippen LogP contribution in [0.4, 0.5) is 14.9 Å². The molecule has 1 aromatic carbocycles. The summed E-state index contributed by atoms with van der Waals surface area (Å²) >= 11 is 0. The van der Waals surface area contributed by atoms with E-state index in [2.05, 4.69) is 10.4 Å². The number of halogens is 1. The number of amides is 2. The lowest BCUT2D eigenvalue weighted by Gasteiger charge is -2.34. The third-order valence-electron chi connectivity index (χ3n) is 5.70. The molecule has 1 saturated heterocycles. The predicted octanol–water partition coefficient (Wildman–Crippen LogP) is 4.59. The molecular formula is C20H25FN4O. The fourth-order valence-corrected chi connectivity index (χ4v) is 4.43. The van der Waals surface area contributed by atoms with E-state index < -0.39 is 5.82 Å². The third-order valence-corrected chi connectivity index (χ3v) is 5.70. The maximum absolute atomic E-state index is 14.4. The molecule has 0 radical (unpaired) electrons. The molecule has 2 aromatic rings. The number of hydrogen-bond acceptors (Lipinski definition) is 2. The van der Waals surface area contributed by atoms with Gasteiger partial charge in [-0.2, -0.15) is 5.10 Å². The molecular weight excluding hydrogens is 331 g/mol. The van der Waals surface area contributed by atoms with Gasteiger partial charge < -0.3 is 10.2 Å². The maximum Gasteiger partial charge on any atom is 0.322 e. The Kier molecular flexibility index (Phi) is 4.91. The molecule has 138 valence electrons. The molecule has 1 unspecified atom stereocenters. The van der Waals surface area contributed by atoms with Crippen LogP contribution in [0.2, 0.25) is 0 Å². The van der Waals surface area contributed by atoms with Gasteiger partial charge in [-0.25, -0.2) is 13.9 Å². The molecule has 1 aliphatic carbocycles. The van der Waals surface area contributed by atoms with Crippen LogP contribution in [0.25, 0.3) is 5.69 Å². The number of nitrogens with one attached hydrogen (secondary N) is 1. The van der Waals surface area contributed by atoms with E-state index >= 15 is 0 Å². The first-order chi connectivity index (χ1) is 12.7. The zero-order chi connectivity index (χ0) is 17.9. The molecule has 2 amide bonds. The van der Waals surface area contributed by atoms with Gasteiger partial charge in [0.05, 0.1) is 0 Å². The summed E-state index contributed by atoms with van der Waals surface area (Å²) < 4.78 is 15.9. The molecule has 0 bridgehead atoms. The summed E-state index contributed by atoms with van der Waals surface area (Å²) in [7, 11) is 0. The highest BCUT2D eigenvalue weighted by molar-refractivity contribution is 5.89. The molecule has 0 spiro atoms. The highest BCUT2D eigenvalue weighted by Crippen LogP contribution is 2.34. The van der Waals surface area contributed by atoms with Gasteiger partial charge >= 0.3 is 6.03 Å². The molecule has 1 aliphatic heterocycles. The van der Waals surface area contributed by atoms with Gasteiger partial charge in [-0.15, -0.1) is 0 Å². The van der Waals surface area contributed by atoms with Crippen LogP contribution in [0, 0.1) is 11.7 Å². The summed E-state index contributed by atoms with van der Waals surface area (Å²) in [5.41, 5.74) is 0.854. The molecule has 1 saturated carbocycles. The monoisotopic (exact) mass is 356 g/mol. The fraction of sp³-hybridized carbons (Fsp3) is 0.500. The van der Waals surface area contributed by atoms with Gasteiger partial charge in [-0.05, 0) is 55.9 Å². The van der Waals surface area contributed by atoms with E-state index in [1.165, 1.54) is 42.9 Å². The van der Waals surface area contributed by atoms with Crippen molar-refractivity contribution in [1.82, 2.24) is 14.7 Å². The summed E-state index contributed by atoms with van der Waals surface area (Å²) in [5.74, 6) is 0.215. The lowest BCUT2D eigenvalue weighted by Crippen LogP contribution is -2.43. The highest BCUT2D eigenvalue weighted by Gasteiger charge is 2.35. The van der Waals surface area contributed by atoms with Crippen LogP contribution in [-0.4, -0.2) is 33.3 Å². The number of nitrogens with zero attached hydrogens (tertiary/aromatic N) is 3. The summed E-state index contributed by atoms with van der Waals surface area (Å²) in [6.07, 6.45) is 11.8. The predicted molar refractivity (Wildman–Crippen MR) is 98.8 cm³/mol. The van der Waals surface area contributed by atoms with E-state index in [4.69, 9.17) is 0 Å². The van der Waals surface area contributed by atoms with Crippen molar-refractivity contribution in [2.24, 2.45) is 5.92 Å². The van der Waals surface area contributed by atoms with Gasteiger partial charge in [0.1, 0.15) is 5.69 Å². The first-order valence-corrected chi connectivity index (χ1v) is 9.59. The number of aromatic nitrogens is 2. The molecule has 4 rings (SSSR count). The third kappa shape index (κ3) is 3.45. The molecule has 2 aliphatic rings. The number of anilines is 1. The lowest BCUT2D eigenvalue weighted by atomic mass is 9.83. The van der Waals surface area contributed by atoms with Crippen molar-refractivity contribution >= 4 is 11.7 Å². The number of carbonyl (C=O) groups excluding carboxylic acids is 1. The molecule has 1 atom stereocenters. The van der Waals surface area contributed by atoms with Gasteiger partial charge in [0.2, 0.25) is 0 Å². The Balaban J connectivity index is 1.45. The quantitative estimate of drug-likeness (QED) is 0.874. The number of urea groups is 1. The largest absolute Gasteiger partial charge is 0.322 e. The first kappa shape index (κ1) is 17.1. The molecule has 5 nitrogen and oxygen atoms in total. The average molecular weight is 356 g/mol. The number of likely N-dealkylation sites (tertiary alicyclic amines) is 1. The van der Waals surface area contributed by atoms with Crippen molar-refractivity contribution in [3.8, 4) is 5.69 Å². The second-order valence-corrected chi connectivity index (χ2v) is 7.35. The maximum atomic E-state index is 14.4. The fourth-order valence-electron chi connectivity index (χ4n) is 4.43. The number of benzene rings is 1. The zero-order valence-electron chi connectivity index (χ0n) is 14.9. The van der Waals surface area contributed by atoms with E-state index in [-0.39, 0.29) is 6.03 Å². The Morgan fingerprint density at radius 1 is 1.15 bits per heavy atom. The van der Waals surface area contributed by atoms with E-state index in [1.807, 2.05) is 4.90 Å². The van der Waals surface area contributed by atoms with Crippen molar-refractivity contribution in [1.29, 1.82) is 0 Å². The Bertz CT molecular complexity index is 755. The summed E-state index contributed by atoms with van der Waals surface area (Å²) in [4.78, 5) is 14.7. The van der Waals surface area contributed by atoms with Crippen molar-refractivity contribution in [3.63, 3.8) is 0 Å². The van der Waals surface area contributed by atoms with Crippen molar-refractivity contribution < 1.29 is 9.18 Å². The Labute approximate surface area is 153 Å². The minimum atomic E-state index is -0.406. The van der Waals surface area contributed by atoms with Crippen molar-refractivity contribution in [2.75, 3.05) is 11.9 Å². The van der Waals surface area contributed by atoms with Crippen LogP contribution in [0.15, 0.2) is 36.7 Å². The van der Waals surface area contributed by atoms with Crippen molar-refractivity contribution in [2.45, 2.75) is 51.0 Å². The molecule has 1 aromatic heterocycles. The Hall–Kier alpha value is -2.37. The summed E-state index contributed by atoms with van der Waals surface area (Å²) in [6.45, 7) is 0.793. The van der Waals surface area contributed by atoms with Crippen LogP contribution < -0.4 is 5.32 Å². The topological polar surface area (TPSA) is 50.2 Å². The Morgan fingerprint density at radius 2 is 2.00 bits per heavy atom. The molecule has 26 heavy (non-hydrogen) atoms. The summed E-state index contributed by atoms with van der Waals surface area (Å²) in [5, 5.41) is 6.93. The van der Waals surface area contributed by atoms with Gasteiger partial charge in [0, 0.05) is 30.7 Å². The van der Waals surface area contributed by atoms with Crippen LogP contribution in [0.5, 0.6) is 0 Å². The van der Waals surface area contributed by atoms with Crippen LogP contribution in [0.1, 0.15) is 44.9 Å². The smallest absolute Gasteiger partial charge is 0.321 e. The lowest BCUT2D eigenvalue weighted by molar-refractivity contribution is 0.166. The Morgan fingerprint density at radius 3 is 2.73 bits per heavy atom. The molecule has 2 heterocycles. The highest BCUT2D eigenvalue weighted by atomic mass is 19.1. The SMILES string of the molecule is O=C(Nc1ccc(-n2cccn2)c(F)c1)N1CCCC1C1CCCCC1. The molecule has 2 fully saturated rings. The standard InChI is InChI=1S/C20H25FN4O/c21-17-14-16(9-10-19(17)25-13-5-11-22-25)23-20(26)24-12-4-8-18(24)15-6-2-1-3-7-15/h5,9-11,13-15,18H,1-4,6-8,12H2,(H,23,26). The van der Waals surface area contributed by atoms with Gasteiger partial charge in [0.15, 0.2) is 5.82 Å². The minimum Gasteiger partial charge on any atom is -0.321 e. The van der Waals surface area contributed by atoms with Crippen LogP contribution >= 0.6 is 0 Å². The van der Waals surface area contributed by atoms with Gasteiger partial charge in [0.25, 0.3) is 0 Å². The number of hydrogen-bond donors (Lipinski definition) is 1. The average Bonchev–Trinajstić information content (AvgIpc) is 3.34. The normalized spacial score (nSPS) is 21.1. The number of rotatable bonds is 3. The van der Waals surface area contributed by atoms with Crippen LogP contribution in [0.3, 0.4) is 0 Å². The summed E-state index contributed by atoms with van der Waals surface area (Å²) in [6, 6.07) is 6.70. The zero-order valence-corrected chi connectivity index (χ0v) is 14.9. The second-order valence-electron chi connectivity index (χ2n) is 7.35. The van der Waals surface area contributed by atoms with E-state index in [9.17, 15) is 9.18 Å². The van der Waals surface area contributed by atoms with Crippen LogP contribution in [-0.2, 0) is 0 Å². The minimum absolute atomic E-state index is 0.107. The van der Waals surface area contributed by atoms with E-state index in [1.54, 1.807) is 30.6 Å².